The maximum Gasteiger partial charge on any atom is 0.326 e. The zero-order chi connectivity index (χ0) is 15.3. The van der Waals surface area contributed by atoms with E-state index in [1.165, 1.54) is 12.1 Å². The van der Waals surface area contributed by atoms with Crippen LogP contribution in [0, 0.1) is 0 Å². The van der Waals surface area contributed by atoms with E-state index in [1.54, 1.807) is 6.92 Å². The maximum atomic E-state index is 11.8. The minimum atomic E-state index is -3.44. The summed E-state index contributed by atoms with van der Waals surface area (Å²) in [7, 11) is -3.44. The Morgan fingerprint density at radius 2 is 2.05 bits per heavy atom. The van der Waals surface area contributed by atoms with Crippen molar-refractivity contribution in [1.82, 2.24) is 10.3 Å². The first-order valence-electron chi connectivity index (χ1n) is 5.70. The van der Waals surface area contributed by atoms with E-state index >= 15 is 0 Å². The molecule has 0 aliphatic carbocycles. The van der Waals surface area contributed by atoms with E-state index in [2.05, 4.69) is 15.0 Å². The van der Waals surface area contributed by atoms with Crippen molar-refractivity contribution in [3.8, 4) is 0 Å². The van der Waals surface area contributed by atoms with Crippen LogP contribution in [0.4, 0.5) is 5.82 Å². The Bertz CT molecular complexity index is 597. The molecule has 1 amide bonds. The van der Waals surface area contributed by atoms with Gasteiger partial charge in [-0.1, -0.05) is 6.92 Å². The highest BCUT2D eigenvalue weighted by molar-refractivity contribution is 7.92. The standard InChI is InChI=1S/C11H15N3O5S/c1-3-8(11(16)17)13-10(15)7-4-5-9(12-6-7)14-20(2,18)19/h4-6,8H,3H2,1-2H3,(H,12,14)(H,13,15)(H,16,17). The number of pyridine rings is 1. The Balaban J connectivity index is 2.78. The molecule has 1 aromatic heterocycles. The average Bonchev–Trinajstić information content (AvgIpc) is 2.34. The second kappa shape index (κ2) is 6.33. The van der Waals surface area contributed by atoms with Crippen LogP contribution < -0.4 is 10.0 Å². The smallest absolute Gasteiger partial charge is 0.326 e. The van der Waals surface area contributed by atoms with Crippen molar-refractivity contribution in [3.05, 3.63) is 23.9 Å². The Kier molecular flexibility index (Phi) is 5.03. The summed E-state index contributed by atoms with van der Waals surface area (Å²) in [5.41, 5.74) is 0.142. The van der Waals surface area contributed by atoms with Crippen LogP contribution in [0.25, 0.3) is 0 Å². The molecular formula is C11H15N3O5S. The molecule has 1 rings (SSSR count). The molecule has 3 N–H and O–H groups in total. The summed E-state index contributed by atoms with van der Waals surface area (Å²) in [6.07, 6.45) is 2.40. The fraction of sp³-hybridized carbons (Fsp3) is 0.364. The molecule has 0 saturated heterocycles. The van der Waals surface area contributed by atoms with Gasteiger partial charge in [0.1, 0.15) is 11.9 Å². The van der Waals surface area contributed by atoms with Gasteiger partial charge in [-0.2, -0.15) is 0 Å². The molecule has 1 atom stereocenters. The summed E-state index contributed by atoms with van der Waals surface area (Å²) in [4.78, 5) is 26.3. The number of aliphatic carboxylic acids is 1. The third kappa shape index (κ3) is 4.84. The van der Waals surface area contributed by atoms with Gasteiger partial charge < -0.3 is 10.4 Å². The van der Waals surface area contributed by atoms with E-state index in [0.717, 1.165) is 12.5 Å². The number of hydrogen-bond acceptors (Lipinski definition) is 5. The molecule has 0 radical (unpaired) electrons. The molecule has 8 nitrogen and oxygen atoms in total. The van der Waals surface area contributed by atoms with E-state index in [9.17, 15) is 18.0 Å². The molecule has 0 bridgehead atoms. The van der Waals surface area contributed by atoms with Crippen LogP contribution in [-0.4, -0.2) is 42.7 Å². The van der Waals surface area contributed by atoms with Gasteiger partial charge in [0.05, 0.1) is 11.8 Å². The van der Waals surface area contributed by atoms with Crippen LogP contribution in [0.15, 0.2) is 18.3 Å². The zero-order valence-electron chi connectivity index (χ0n) is 11.0. The molecule has 0 aliphatic rings. The molecular weight excluding hydrogens is 286 g/mol. The number of hydrogen-bond donors (Lipinski definition) is 3. The number of anilines is 1. The molecule has 110 valence electrons. The predicted octanol–water partition coefficient (Wildman–Crippen LogP) is 0.0461. The SMILES string of the molecule is CCC(NC(=O)c1ccc(NS(C)(=O)=O)nc1)C(=O)O. The minimum Gasteiger partial charge on any atom is -0.480 e. The molecule has 1 unspecified atom stereocenters. The van der Waals surface area contributed by atoms with Crippen LogP contribution in [0.3, 0.4) is 0 Å². The van der Waals surface area contributed by atoms with Gasteiger partial charge in [-0.15, -0.1) is 0 Å². The summed E-state index contributed by atoms with van der Waals surface area (Å²) in [5, 5.41) is 11.2. The molecule has 9 heteroatoms. The number of amides is 1. The quantitative estimate of drug-likeness (QED) is 0.681. The van der Waals surface area contributed by atoms with Gasteiger partial charge in [-0.25, -0.2) is 18.2 Å². The first-order valence-corrected chi connectivity index (χ1v) is 7.59. The molecule has 0 aromatic carbocycles. The van der Waals surface area contributed by atoms with E-state index in [1.807, 2.05) is 0 Å². The van der Waals surface area contributed by atoms with Gasteiger partial charge in [-0.3, -0.25) is 9.52 Å². The van der Waals surface area contributed by atoms with Crippen LogP contribution in [-0.2, 0) is 14.8 Å². The summed E-state index contributed by atoms with van der Waals surface area (Å²) in [6, 6.07) is 1.69. The van der Waals surface area contributed by atoms with Crippen LogP contribution >= 0.6 is 0 Å². The van der Waals surface area contributed by atoms with Gasteiger partial charge in [0.15, 0.2) is 0 Å². The van der Waals surface area contributed by atoms with Gasteiger partial charge in [0, 0.05) is 6.20 Å². The van der Waals surface area contributed by atoms with E-state index < -0.39 is 27.9 Å². The van der Waals surface area contributed by atoms with Crippen molar-refractivity contribution in [3.63, 3.8) is 0 Å². The number of carbonyl (C=O) groups excluding carboxylic acids is 1. The van der Waals surface area contributed by atoms with Crippen LogP contribution in [0.1, 0.15) is 23.7 Å². The predicted molar refractivity (Wildman–Crippen MR) is 71.9 cm³/mol. The highest BCUT2D eigenvalue weighted by Gasteiger charge is 2.18. The molecule has 20 heavy (non-hydrogen) atoms. The topological polar surface area (TPSA) is 125 Å². The third-order valence-corrected chi connectivity index (χ3v) is 2.91. The molecule has 0 aliphatic heterocycles. The normalized spacial score (nSPS) is 12.5. The summed E-state index contributed by atoms with van der Waals surface area (Å²) in [6.45, 7) is 1.64. The van der Waals surface area contributed by atoms with Crippen LogP contribution in [0.2, 0.25) is 0 Å². The number of carbonyl (C=O) groups is 2. The number of nitrogens with one attached hydrogen (secondary N) is 2. The number of sulfonamides is 1. The first-order chi connectivity index (χ1) is 9.23. The van der Waals surface area contributed by atoms with Gasteiger partial charge >= 0.3 is 5.97 Å². The highest BCUT2D eigenvalue weighted by atomic mass is 32.2. The zero-order valence-corrected chi connectivity index (χ0v) is 11.8. The lowest BCUT2D eigenvalue weighted by Crippen LogP contribution is -2.40. The van der Waals surface area contributed by atoms with E-state index in [-0.39, 0.29) is 17.8 Å². The number of rotatable bonds is 6. The number of aromatic nitrogens is 1. The first kappa shape index (κ1) is 15.9. The van der Waals surface area contributed by atoms with E-state index in [4.69, 9.17) is 5.11 Å². The number of carboxylic acids is 1. The fourth-order valence-electron chi connectivity index (χ4n) is 1.36. The van der Waals surface area contributed by atoms with Crippen molar-refractivity contribution in [2.24, 2.45) is 0 Å². The molecule has 1 heterocycles. The fourth-order valence-corrected chi connectivity index (χ4v) is 1.86. The summed E-state index contributed by atoms with van der Waals surface area (Å²) < 4.78 is 24.1. The maximum absolute atomic E-state index is 11.8. The minimum absolute atomic E-state index is 0.0781. The largest absolute Gasteiger partial charge is 0.480 e. The molecule has 0 spiro atoms. The molecule has 0 fully saturated rings. The Morgan fingerprint density at radius 3 is 2.45 bits per heavy atom. The Labute approximate surface area is 116 Å². The van der Waals surface area contributed by atoms with Gasteiger partial charge in [0.25, 0.3) is 5.91 Å². The second-order valence-electron chi connectivity index (χ2n) is 4.08. The lowest BCUT2D eigenvalue weighted by Gasteiger charge is -2.12. The molecule has 1 aromatic rings. The van der Waals surface area contributed by atoms with Crippen molar-refractivity contribution >= 4 is 27.7 Å². The monoisotopic (exact) mass is 301 g/mol. The Morgan fingerprint density at radius 1 is 1.40 bits per heavy atom. The average molecular weight is 301 g/mol. The van der Waals surface area contributed by atoms with Gasteiger partial charge in [0.2, 0.25) is 10.0 Å². The van der Waals surface area contributed by atoms with Crippen molar-refractivity contribution in [2.75, 3.05) is 11.0 Å². The van der Waals surface area contributed by atoms with Crippen molar-refractivity contribution < 1.29 is 23.1 Å². The lowest BCUT2D eigenvalue weighted by molar-refractivity contribution is -0.139. The Hall–Kier alpha value is -2.16. The van der Waals surface area contributed by atoms with Crippen molar-refractivity contribution in [1.29, 1.82) is 0 Å². The summed E-state index contributed by atoms with van der Waals surface area (Å²) >= 11 is 0. The van der Waals surface area contributed by atoms with E-state index in [0.29, 0.717) is 0 Å². The van der Waals surface area contributed by atoms with Crippen LogP contribution in [0.5, 0.6) is 0 Å². The number of carboxylic acid groups (broad SMARTS) is 1. The van der Waals surface area contributed by atoms with Gasteiger partial charge in [-0.05, 0) is 18.6 Å². The summed E-state index contributed by atoms with van der Waals surface area (Å²) in [5.74, 6) is -1.63. The lowest BCUT2D eigenvalue weighted by atomic mass is 10.2. The highest BCUT2D eigenvalue weighted by Crippen LogP contribution is 2.07. The third-order valence-electron chi connectivity index (χ3n) is 2.33. The second-order valence-corrected chi connectivity index (χ2v) is 5.83. The van der Waals surface area contributed by atoms with Crippen molar-refractivity contribution in [2.45, 2.75) is 19.4 Å². The number of nitrogens with zero attached hydrogens (tertiary/aromatic N) is 1. The molecule has 0 saturated carbocycles.